The molecule has 9 heteroatoms. The molecule has 0 bridgehead atoms. The molecule has 1 atom stereocenters. The minimum absolute atomic E-state index is 0.0191. The third kappa shape index (κ3) is 5.58. The Balaban J connectivity index is 1.40. The Morgan fingerprint density at radius 1 is 0.800 bits per heavy atom. The fourth-order valence-corrected chi connectivity index (χ4v) is 8.90. The number of sulfone groups is 1. The molecule has 0 radical (unpaired) electrons. The van der Waals surface area contributed by atoms with Crippen molar-refractivity contribution in [1.29, 1.82) is 0 Å². The van der Waals surface area contributed by atoms with Gasteiger partial charge in [0.25, 0.3) is 0 Å². The molecule has 6 nitrogen and oxygen atoms in total. The maximum atomic E-state index is 14.3. The van der Waals surface area contributed by atoms with Crippen LogP contribution in [-0.4, -0.2) is 34.4 Å². The Morgan fingerprint density at radius 3 is 2.14 bits per heavy atom. The molecule has 1 aliphatic rings. The highest BCUT2D eigenvalue weighted by atomic mass is 32.2. The molecule has 8 rings (SSSR count). The van der Waals surface area contributed by atoms with Crippen LogP contribution in [-0.2, 0) is 15.4 Å². The Bertz CT molecular complexity index is 2470. The normalized spacial score (nSPS) is 14.7. The van der Waals surface area contributed by atoms with Crippen LogP contribution in [0.2, 0.25) is 0 Å². The van der Waals surface area contributed by atoms with Gasteiger partial charge < -0.3 is 0 Å². The number of fused-ring (bicyclic) bond motifs is 1. The van der Waals surface area contributed by atoms with Crippen molar-refractivity contribution in [2.75, 3.05) is 6.26 Å². The molecule has 7 aromatic rings. The third-order valence-electron chi connectivity index (χ3n) is 9.26. The number of halogens is 1. The average molecular weight is 695 g/mol. The van der Waals surface area contributed by atoms with E-state index in [0.29, 0.717) is 11.4 Å². The summed E-state index contributed by atoms with van der Waals surface area (Å²) in [7, 11) is -3.37. The van der Waals surface area contributed by atoms with Gasteiger partial charge in [-0.1, -0.05) is 91.0 Å². The molecule has 0 spiro atoms. The number of allylic oxidation sites excluding steroid dienone is 4. The van der Waals surface area contributed by atoms with E-state index in [9.17, 15) is 12.8 Å². The summed E-state index contributed by atoms with van der Waals surface area (Å²) in [6, 6.07) is 36.7. The predicted molar refractivity (Wildman–Crippen MR) is 198 cm³/mol. The van der Waals surface area contributed by atoms with Gasteiger partial charge in [0.15, 0.2) is 9.84 Å². The van der Waals surface area contributed by atoms with Crippen molar-refractivity contribution in [3.63, 3.8) is 0 Å². The first kappa shape index (κ1) is 31.7. The van der Waals surface area contributed by atoms with Gasteiger partial charge in [-0.05, 0) is 71.6 Å². The highest BCUT2D eigenvalue weighted by Gasteiger charge is 2.44. The summed E-state index contributed by atoms with van der Waals surface area (Å²) in [5, 5.41) is 6.20. The molecular weight excluding hydrogens is 664 g/mol. The molecule has 0 saturated heterocycles. The smallest absolute Gasteiger partial charge is 0.184 e. The first-order valence-corrected chi connectivity index (χ1v) is 18.9. The van der Waals surface area contributed by atoms with E-state index < -0.39 is 15.4 Å². The number of aromatic nitrogens is 4. The van der Waals surface area contributed by atoms with Crippen molar-refractivity contribution in [3.05, 3.63) is 169 Å². The van der Waals surface area contributed by atoms with Gasteiger partial charge in [-0.3, -0.25) is 4.68 Å². The molecule has 1 aliphatic carbocycles. The standard InChI is InChI=1S/C41H31FN4O2S2/c1-50(47,48)38-24-23-37(49-38)40-34-25-29(19-22-36(34)43-27-44-40)35-26-46(45-39(35)28-17-20-33(42)21-18-28)41(30-11-5-2-6-12-30,31-13-7-3-8-14-31)32-15-9-4-10-16-32/h2-15,17-27,32H,16H2,1H3. The van der Waals surface area contributed by atoms with Crippen LogP contribution in [0.25, 0.3) is 43.9 Å². The Labute approximate surface area is 293 Å². The second kappa shape index (κ2) is 12.7. The highest BCUT2D eigenvalue weighted by molar-refractivity contribution is 7.92. The molecule has 0 saturated carbocycles. The molecule has 3 heterocycles. The van der Waals surface area contributed by atoms with Gasteiger partial charge in [0, 0.05) is 34.9 Å². The van der Waals surface area contributed by atoms with Crippen LogP contribution < -0.4 is 0 Å². The van der Waals surface area contributed by atoms with Crippen LogP contribution in [0.1, 0.15) is 17.5 Å². The molecule has 0 fully saturated rings. The van der Waals surface area contributed by atoms with Crippen molar-refractivity contribution in [2.45, 2.75) is 16.2 Å². The zero-order valence-corrected chi connectivity index (χ0v) is 28.7. The molecule has 3 aromatic heterocycles. The lowest BCUT2D eigenvalue weighted by Gasteiger charge is -2.41. The van der Waals surface area contributed by atoms with Crippen LogP contribution >= 0.6 is 11.3 Å². The topological polar surface area (TPSA) is 77.7 Å². The van der Waals surface area contributed by atoms with E-state index in [0.717, 1.165) is 50.0 Å². The summed E-state index contributed by atoms with van der Waals surface area (Å²) in [6.45, 7) is 0. The number of benzene rings is 4. The lowest BCUT2D eigenvalue weighted by molar-refractivity contribution is 0.293. The highest BCUT2D eigenvalue weighted by Crippen LogP contribution is 2.46. The lowest BCUT2D eigenvalue weighted by atomic mass is 9.70. The summed E-state index contributed by atoms with van der Waals surface area (Å²) in [5.74, 6) is -0.306. The van der Waals surface area contributed by atoms with Gasteiger partial charge in [0.05, 0.1) is 16.1 Å². The van der Waals surface area contributed by atoms with E-state index in [1.807, 2.05) is 30.3 Å². The van der Waals surface area contributed by atoms with Crippen LogP contribution in [0.15, 0.2) is 156 Å². The molecule has 1 unspecified atom stereocenters. The largest absolute Gasteiger partial charge is 0.256 e. The minimum atomic E-state index is -3.37. The van der Waals surface area contributed by atoms with E-state index in [4.69, 9.17) is 5.10 Å². The summed E-state index contributed by atoms with van der Waals surface area (Å²) >= 11 is 1.19. The maximum Gasteiger partial charge on any atom is 0.184 e. The van der Waals surface area contributed by atoms with E-state index in [-0.39, 0.29) is 15.9 Å². The number of nitrogens with zero attached hydrogens (tertiary/aromatic N) is 4. The van der Waals surface area contributed by atoms with E-state index in [2.05, 4.69) is 93.7 Å². The SMILES string of the molecule is CS(=O)(=O)c1ccc(-c2ncnc3ccc(-c4cn(C(c5ccccc5)(c5ccccc5)C5C=CC=CC5)nc4-c4ccc(F)cc4)cc23)s1. The first-order valence-electron chi connectivity index (χ1n) is 16.2. The second-order valence-corrected chi connectivity index (χ2v) is 15.7. The van der Waals surface area contributed by atoms with E-state index >= 15 is 0 Å². The summed E-state index contributed by atoms with van der Waals surface area (Å²) in [4.78, 5) is 9.87. The average Bonchev–Trinajstić information content (AvgIpc) is 3.83. The fourth-order valence-electron chi connectivity index (χ4n) is 6.96. The molecule has 0 aliphatic heterocycles. The molecule has 50 heavy (non-hydrogen) atoms. The van der Waals surface area contributed by atoms with Gasteiger partial charge >= 0.3 is 0 Å². The van der Waals surface area contributed by atoms with Crippen LogP contribution in [0, 0.1) is 11.7 Å². The zero-order chi connectivity index (χ0) is 34.3. The Kier molecular flexibility index (Phi) is 8.09. The molecule has 246 valence electrons. The Hall–Kier alpha value is -5.51. The Morgan fingerprint density at radius 2 is 1.50 bits per heavy atom. The first-order chi connectivity index (χ1) is 24.3. The van der Waals surface area contributed by atoms with Crippen LogP contribution in [0.4, 0.5) is 4.39 Å². The van der Waals surface area contributed by atoms with Crippen molar-refractivity contribution in [3.8, 4) is 33.0 Å². The molecule has 0 amide bonds. The van der Waals surface area contributed by atoms with Crippen molar-refractivity contribution < 1.29 is 12.8 Å². The van der Waals surface area contributed by atoms with Gasteiger partial charge in [-0.2, -0.15) is 5.10 Å². The molecule has 0 N–H and O–H groups in total. The zero-order valence-electron chi connectivity index (χ0n) is 27.0. The molecule has 4 aromatic carbocycles. The number of hydrogen-bond donors (Lipinski definition) is 0. The summed E-state index contributed by atoms with van der Waals surface area (Å²) in [5.41, 5.74) is 6.01. The van der Waals surface area contributed by atoms with Crippen molar-refractivity contribution >= 4 is 32.1 Å². The minimum Gasteiger partial charge on any atom is -0.256 e. The lowest BCUT2D eigenvalue weighted by Crippen LogP contribution is -2.43. The monoisotopic (exact) mass is 694 g/mol. The third-order valence-corrected chi connectivity index (χ3v) is 12.2. The second-order valence-electron chi connectivity index (χ2n) is 12.3. The van der Waals surface area contributed by atoms with E-state index in [1.54, 1.807) is 24.3 Å². The maximum absolute atomic E-state index is 14.3. The number of thiophene rings is 1. The van der Waals surface area contributed by atoms with Gasteiger partial charge in [-0.15, -0.1) is 11.3 Å². The van der Waals surface area contributed by atoms with Crippen LogP contribution in [0.3, 0.4) is 0 Å². The fraction of sp³-hybridized carbons (Fsp3) is 0.0976. The summed E-state index contributed by atoms with van der Waals surface area (Å²) in [6.07, 6.45) is 14.2. The van der Waals surface area contributed by atoms with Gasteiger partial charge in [-0.25, -0.2) is 22.8 Å². The van der Waals surface area contributed by atoms with Gasteiger partial charge in [0.2, 0.25) is 0 Å². The number of rotatable bonds is 8. The van der Waals surface area contributed by atoms with Gasteiger partial charge in [0.1, 0.15) is 27.6 Å². The van der Waals surface area contributed by atoms with Crippen LogP contribution in [0.5, 0.6) is 0 Å². The van der Waals surface area contributed by atoms with Crippen molar-refractivity contribution in [1.82, 2.24) is 19.7 Å². The summed E-state index contributed by atoms with van der Waals surface area (Å²) < 4.78 is 41.3. The van der Waals surface area contributed by atoms with E-state index in [1.165, 1.54) is 36.1 Å². The van der Waals surface area contributed by atoms with Crippen molar-refractivity contribution in [2.24, 2.45) is 5.92 Å². The number of hydrogen-bond acceptors (Lipinski definition) is 6. The molecular formula is C41H31FN4O2S2. The quantitative estimate of drug-likeness (QED) is 0.158. The predicted octanol–water partition coefficient (Wildman–Crippen LogP) is 9.36.